The first-order valence-electron chi connectivity index (χ1n) is 8.31. The summed E-state index contributed by atoms with van der Waals surface area (Å²) in [6, 6.07) is 0. The van der Waals surface area contributed by atoms with E-state index in [0.717, 1.165) is 30.0 Å². The number of likely N-dealkylation sites (tertiary alicyclic amines) is 1. The standard InChI is InChI=1S/C16H28N4/c1-13-17-14(2)20(18-13)12-16-8-5-9-19(11-16)10-15-6-3-4-7-15/h15-16H,3-12H2,1-2H3/t16-/m1/s1. The summed E-state index contributed by atoms with van der Waals surface area (Å²) in [5, 5.41) is 4.52. The van der Waals surface area contributed by atoms with E-state index in [1.54, 1.807) is 0 Å². The van der Waals surface area contributed by atoms with Crippen molar-refractivity contribution in [2.75, 3.05) is 19.6 Å². The van der Waals surface area contributed by atoms with Gasteiger partial charge in [0.25, 0.3) is 0 Å². The van der Waals surface area contributed by atoms with Gasteiger partial charge in [-0.1, -0.05) is 12.8 Å². The van der Waals surface area contributed by atoms with Gasteiger partial charge in [0.2, 0.25) is 0 Å². The monoisotopic (exact) mass is 276 g/mol. The van der Waals surface area contributed by atoms with Crippen LogP contribution < -0.4 is 0 Å². The molecule has 2 fully saturated rings. The van der Waals surface area contributed by atoms with E-state index in [9.17, 15) is 0 Å². The van der Waals surface area contributed by atoms with Gasteiger partial charge in [-0.3, -0.25) is 0 Å². The summed E-state index contributed by atoms with van der Waals surface area (Å²) in [6.45, 7) is 9.01. The fourth-order valence-electron chi connectivity index (χ4n) is 4.00. The third-order valence-electron chi connectivity index (χ3n) is 4.99. The van der Waals surface area contributed by atoms with Crippen molar-refractivity contribution in [2.45, 2.75) is 58.9 Å². The first-order chi connectivity index (χ1) is 9.70. The number of piperidine rings is 1. The van der Waals surface area contributed by atoms with Crippen molar-refractivity contribution >= 4 is 0 Å². The molecule has 0 N–H and O–H groups in total. The maximum absolute atomic E-state index is 4.52. The van der Waals surface area contributed by atoms with Crippen LogP contribution in [-0.2, 0) is 6.54 Å². The van der Waals surface area contributed by atoms with Crippen LogP contribution in [0.4, 0.5) is 0 Å². The summed E-state index contributed by atoms with van der Waals surface area (Å²) in [5.74, 6) is 3.70. The molecule has 1 saturated heterocycles. The Kier molecular flexibility index (Phi) is 4.39. The van der Waals surface area contributed by atoms with Crippen LogP contribution in [0.15, 0.2) is 0 Å². The van der Waals surface area contributed by atoms with E-state index in [-0.39, 0.29) is 0 Å². The Morgan fingerprint density at radius 1 is 1.00 bits per heavy atom. The lowest BCUT2D eigenvalue weighted by molar-refractivity contribution is 0.139. The molecule has 1 aliphatic heterocycles. The van der Waals surface area contributed by atoms with E-state index in [2.05, 4.69) is 26.6 Å². The maximum atomic E-state index is 4.52. The summed E-state index contributed by atoms with van der Waals surface area (Å²) >= 11 is 0. The molecule has 20 heavy (non-hydrogen) atoms. The Hall–Kier alpha value is -0.900. The fraction of sp³-hybridized carbons (Fsp3) is 0.875. The second-order valence-corrected chi connectivity index (χ2v) is 6.81. The molecular formula is C16H28N4. The summed E-state index contributed by atoms with van der Waals surface area (Å²) < 4.78 is 2.11. The SMILES string of the molecule is Cc1nc(C)n(C[C@@H]2CCCN(CC3CCCC3)C2)n1. The molecule has 4 nitrogen and oxygen atoms in total. The average Bonchev–Trinajstić information content (AvgIpc) is 3.01. The summed E-state index contributed by atoms with van der Waals surface area (Å²) in [6.07, 6.45) is 8.54. The number of hydrogen-bond donors (Lipinski definition) is 0. The van der Waals surface area contributed by atoms with Gasteiger partial charge in [-0.15, -0.1) is 0 Å². The van der Waals surface area contributed by atoms with Crippen molar-refractivity contribution in [3.8, 4) is 0 Å². The average molecular weight is 276 g/mol. The van der Waals surface area contributed by atoms with Gasteiger partial charge in [0.15, 0.2) is 0 Å². The zero-order valence-electron chi connectivity index (χ0n) is 13.0. The lowest BCUT2D eigenvalue weighted by Crippen LogP contribution is -2.39. The Labute approximate surface area is 122 Å². The molecule has 1 atom stereocenters. The minimum Gasteiger partial charge on any atom is -0.303 e. The van der Waals surface area contributed by atoms with Crippen LogP contribution in [0.1, 0.15) is 50.2 Å². The quantitative estimate of drug-likeness (QED) is 0.848. The van der Waals surface area contributed by atoms with E-state index >= 15 is 0 Å². The van der Waals surface area contributed by atoms with Gasteiger partial charge >= 0.3 is 0 Å². The molecule has 4 heteroatoms. The third kappa shape index (κ3) is 3.40. The van der Waals surface area contributed by atoms with Crippen LogP contribution in [0.2, 0.25) is 0 Å². The van der Waals surface area contributed by atoms with Crippen LogP contribution >= 0.6 is 0 Å². The molecule has 1 aliphatic carbocycles. The van der Waals surface area contributed by atoms with Crippen LogP contribution in [0.3, 0.4) is 0 Å². The maximum Gasteiger partial charge on any atom is 0.147 e. The lowest BCUT2D eigenvalue weighted by atomic mass is 9.96. The molecule has 3 rings (SSSR count). The zero-order chi connectivity index (χ0) is 13.9. The van der Waals surface area contributed by atoms with Crippen molar-refractivity contribution in [1.82, 2.24) is 19.7 Å². The third-order valence-corrected chi connectivity index (χ3v) is 4.99. The Morgan fingerprint density at radius 2 is 1.75 bits per heavy atom. The highest BCUT2D eigenvalue weighted by molar-refractivity contribution is 4.88. The van der Waals surface area contributed by atoms with Gasteiger partial charge < -0.3 is 4.90 Å². The molecule has 2 heterocycles. The van der Waals surface area contributed by atoms with Crippen molar-refractivity contribution in [3.63, 3.8) is 0 Å². The van der Waals surface area contributed by atoms with E-state index in [4.69, 9.17) is 0 Å². The van der Waals surface area contributed by atoms with E-state index in [1.807, 2.05) is 6.92 Å². The lowest BCUT2D eigenvalue weighted by Gasteiger charge is -2.34. The number of aromatic nitrogens is 3. The molecule has 0 unspecified atom stereocenters. The highest BCUT2D eigenvalue weighted by Crippen LogP contribution is 2.27. The van der Waals surface area contributed by atoms with Crippen molar-refractivity contribution in [2.24, 2.45) is 11.8 Å². The van der Waals surface area contributed by atoms with Gasteiger partial charge in [-0.2, -0.15) is 5.10 Å². The summed E-state index contributed by atoms with van der Waals surface area (Å²) in [4.78, 5) is 7.13. The van der Waals surface area contributed by atoms with E-state index < -0.39 is 0 Å². The zero-order valence-corrected chi connectivity index (χ0v) is 13.0. The first kappa shape index (κ1) is 14.1. The smallest absolute Gasteiger partial charge is 0.147 e. The largest absolute Gasteiger partial charge is 0.303 e. The Balaban J connectivity index is 1.53. The van der Waals surface area contributed by atoms with Crippen LogP contribution in [0.25, 0.3) is 0 Å². The number of aryl methyl sites for hydroxylation is 2. The van der Waals surface area contributed by atoms with Gasteiger partial charge in [-0.05, 0) is 57.9 Å². The van der Waals surface area contributed by atoms with E-state index in [1.165, 1.54) is 58.2 Å². The molecule has 1 saturated carbocycles. The summed E-state index contributed by atoms with van der Waals surface area (Å²) in [7, 11) is 0. The molecule has 0 amide bonds. The van der Waals surface area contributed by atoms with Crippen molar-refractivity contribution < 1.29 is 0 Å². The molecule has 1 aromatic rings. The van der Waals surface area contributed by atoms with Gasteiger partial charge in [-0.25, -0.2) is 9.67 Å². The summed E-state index contributed by atoms with van der Waals surface area (Å²) in [5.41, 5.74) is 0. The molecular weight excluding hydrogens is 248 g/mol. The van der Waals surface area contributed by atoms with Crippen LogP contribution in [-0.4, -0.2) is 39.3 Å². The Bertz CT molecular complexity index is 434. The highest BCUT2D eigenvalue weighted by Gasteiger charge is 2.24. The fourth-order valence-corrected chi connectivity index (χ4v) is 4.00. The molecule has 0 bridgehead atoms. The normalized spacial score (nSPS) is 25.4. The second kappa shape index (κ2) is 6.25. The minimum atomic E-state index is 0.755. The highest BCUT2D eigenvalue weighted by atomic mass is 15.3. The number of nitrogens with zero attached hydrogens (tertiary/aromatic N) is 4. The number of rotatable bonds is 4. The van der Waals surface area contributed by atoms with Gasteiger partial charge in [0.05, 0.1) is 0 Å². The number of hydrogen-bond acceptors (Lipinski definition) is 3. The Morgan fingerprint density at radius 3 is 2.45 bits per heavy atom. The van der Waals surface area contributed by atoms with Crippen LogP contribution in [0, 0.1) is 25.7 Å². The minimum absolute atomic E-state index is 0.755. The van der Waals surface area contributed by atoms with Crippen molar-refractivity contribution in [1.29, 1.82) is 0 Å². The second-order valence-electron chi connectivity index (χ2n) is 6.81. The van der Waals surface area contributed by atoms with Crippen molar-refractivity contribution in [3.05, 3.63) is 11.6 Å². The predicted octanol–water partition coefficient (Wildman–Crippen LogP) is 2.80. The van der Waals surface area contributed by atoms with E-state index in [0.29, 0.717) is 0 Å². The van der Waals surface area contributed by atoms with Crippen LogP contribution in [0.5, 0.6) is 0 Å². The molecule has 2 aliphatic rings. The molecule has 0 aromatic carbocycles. The molecule has 0 radical (unpaired) electrons. The first-order valence-corrected chi connectivity index (χ1v) is 8.31. The molecule has 112 valence electrons. The predicted molar refractivity (Wildman–Crippen MR) is 80.6 cm³/mol. The molecule has 1 aromatic heterocycles. The topological polar surface area (TPSA) is 34.0 Å². The van der Waals surface area contributed by atoms with Gasteiger partial charge in [0.1, 0.15) is 11.6 Å². The van der Waals surface area contributed by atoms with Gasteiger partial charge in [0, 0.05) is 19.6 Å². The molecule has 0 spiro atoms.